The predicted molar refractivity (Wildman–Crippen MR) is 87.5 cm³/mol. The lowest BCUT2D eigenvalue weighted by Gasteiger charge is -2.00. The van der Waals surface area contributed by atoms with E-state index in [4.69, 9.17) is 0 Å². The Hall–Kier alpha value is -2.44. The Labute approximate surface area is 122 Å². The highest BCUT2D eigenvalue weighted by molar-refractivity contribution is 5.60. The van der Waals surface area contributed by atoms with Crippen LogP contribution in [0.4, 0.5) is 0 Å². The van der Waals surface area contributed by atoms with Crippen LogP contribution in [0.25, 0.3) is 0 Å². The Kier molecular flexibility index (Phi) is 6.74. The molecular formula is C20H20. The molecule has 0 aliphatic heterocycles. The fourth-order valence-electron chi connectivity index (χ4n) is 1.67. The van der Waals surface area contributed by atoms with E-state index in [9.17, 15) is 0 Å². The molecule has 0 N–H and O–H groups in total. The lowest BCUT2D eigenvalue weighted by molar-refractivity contribution is 1.50. The number of hydrogen-bond donors (Lipinski definition) is 0. The van der Waals surface area contributed by atoms with Gasteiger partial charge in [-0.25, -0.2) is 0 Å². The van der Waals surface area contributed by atoms with Crippen LogP contribution in [0.1, 0.15) is 49.9 Å². The summed E-state index contributed by atoms with van der Waals surface area (Å²) in [6, 6.07) is 16.0. The smallest absolute Gasteiger partial charge is 0.0405 e. The minimum Gasteiger partial charge on any atom is -0.0683 e. The van der Waals surface area contributed by atoms with E-state index in [-0.39, 0.29) is 0 Å². The summed E-state index contributed by atoms with van der Waals surface area (Å²) in [7, 11) is 0. The molecule has 0 radical (unpaired) electrons. The Morgan fingerprint density at radius 2 is 0.650 bits per heavy atom. The highest BCUT2D eigenvalue weighted by Gasteiger charge is 2.00. The Morgan fingerprint density at radius 3 is 0.850 bits per heavy atom. The zero-order valence-corrected chi connectivity index (χ0v) is 12.6. The summed E-state index contributed by atoms with van der Waals surface area (Å²) in [4.78, 5) is 0. The van der Waals surface area contributed by atoms with Crippen molar-refractivity contribution in [2.75, 3.05) is 0 Å². The van der Waals surface area contributed by atoms with Gasteiger partial charge in [-0.15, -0.1) is 0 Å². The lowest BCUT2D eigenvalue weighted by atomic mass is 10.0. The summed E-state index contributed by atoms with van der Waals surface area (Å²) in [5.41, 5.74) is 4.02. The zero-order chi connectivity index (χ0) is 14.8. The molecule has 100 valence electrons. The minimum absolute atomic E-state index is 1.00. The first-order valence-corrected chi connectivity index (χ1v) is 7.15. The van der Waals surface area contributed by atoms with Crippen LogP contribution in [0.5, 0.6) is 0 Å². The molecule has 20 heavy (non-hydrogen) atoms. The molecular weight excluding hydrogens is 240 g/mol. The molecule has 2 aromatic carbocycles. The van der Waals surface area contributed by atoms with Gasteiger partial charge in [0.15, 0.2) is 0 Å². The van der Waals surface area contributed by atoms with Crippen LogP contribution in [0.3, 0.4) is 0 Å². The Balaban J connectivity index is 0.000000461. The number of fused-ring (bicyclic) bond motifs is 2. The molecule has 0 unspecified atom stereocenters. The van der Waals surface area contributed by atoms with Crippen molar-refractivity contribution >= 4 is 0 Å². The maximum Gasteiger partial charge on any atom is 0.0405 e. The van der Waals surface area contributed by atoms with Gasteiger partial charge in [0.2, 0.25) is 0 Å². The molecule has 0 saturated heterocycles. The third kappa shape index (κ3) is 3.78. The highest BCUT2D eigenvalue weighted by atomic mass is 14.0. The van der Waals surface area contributed by atoms with Crippen molar-refractivity contribution in [3.63, 3.8) is 0 Å². The van der Waals surface area contributed by atoms with Gasteiger partial charge >= 0.3 is 0 Å². The molecule has 2 aromatic rings. The van der Waals surface area contributed by atoms with Crippen LogP contribution in [0.15, 0.2) is 48.5 Å². The normalized spacial score (nSPS) is 9.00. The Bertz CT molecular complexity index is 555. The standard InChI is InChI=1S/C16H8.2C2H6/c1-2-6-14-11-12-16-8-4-3-7-15(16)10-9-13(14)5-1;2*1-2/h1-8H;2*1-2H3. The third-order valence-electron chi connectivity index (χ3n) is 2.52. The summed E-state index contributed by atoms with van der Waals surface area (Å²) < 4.78 is 0. The second-order valence-corrected chi connectivity index (χ2v) is 3.59. The van der Waals surface area contributed by atoms with Crippen LogP contribution < -0.4 is 0 Å². The zero-order valence-electron chi connectivity index (χ0n) is 12.6. The van der Waals surface area contributed by atoms with Crippen molar-refractivity contribution in [1.82, 2.24) is 0 Å². The fourth-order valence-corrected chi connectivity index (χ4v) is 1.67. The molecule has 0 fully saturated rings. The first kappa shape index (κ1) is 15.6. The van der Waals surface area contributed by atoms with Gasteiger partial charge in [0, 0.05) is 22.3 Å². The van der Waals surface area contributed by atoms with E-state index < -0.39 is 0 Å². The van der Waals surface area contributed by atoms with Crippen molar-refractivity contribution in [2.45, 2.75) is 27.7 Å². The first-order valence-electron chi connectivity index (χ1n) is 7.15. The van der Waals surface area contributed by atoms with E-state index in [2.05, 4.69) is 23.7 Å². The van der Waals surface area contributed by atoms with Crippen LogP contribution in [-0.2, 0) is 0 Å². The molecule has 3 rings (SSSR count). The van der Waals surface area contributed by atoms with Crippen molar-refractivity contribution in [1.29, 1.82) is 0 Å². The average molecular weight is 260 g/mol. The van der Waals surface area contributed by atoms with E-state index in [1.807, 2.05) is 76.2 Å². The maximum atomic E-state index is 3.17. The summed E-state index contributed by atoms with van der Waals surface area (Å²) in [6.07, 6.45) is 0. The summed E-state index contributed by atoms with van der Waals surface area (Å²) in [6.45, 7) is 8.00. The molecule has 0 saturated carbocycles. The third-order valence-corrected chi connectivity index (χ3v) is 2.52. The molecule has 0 heterocycles. The van der Waals surface area contributed by atoms with Gasteiger partial charge in [-0.3, -0.25) is 0 Å². The van der Waals surface area contributed by atoms with E-state index in [1.54, 1.807) is 0 Å². The monoisotopic (exact) mass is 260 g/mol. The largest absolute Gasteiger partial charge is 0.0683 e. The average Bonchev–Trinajstić information content (AvgIpc) is 2.54. The second-order valence-electron chi connectivity index (χ2n) is 3.59. The predicted octanol–water partition coefficient (Wildman–Crippen LogP) is 4.85. The molecule has 0 amide bonds. The molecule has 1 aliphatic carbocycles. The van der Waals surface area contributed by atoms with E-state index in [0.717, 1.165) is 22.3 Å². The molecule has 0 atom stereocenters. The maximum absolute atomic E-state index is 3.17. The van der Waals surface area contributed by atoms with E-state index >= 15 is 0 Å². The number of hydrogen-bond acceptors (Lipinski definition) is 0. The van der Waals surface area contributed by atoms with Crippen molar-refractivity contribution < 1.29 is 0 Å². The summed E-state index contributed by atoms with van der Waals surface area (Å²) >= 11 is 0. The summed E-state index contributed by atoms with van der Waals surface area (Å²) in [5, 5.41) is 0. The molecule has 0 spiro atoms. The van der Waals surface area contributed by atoms with Crippen molar-refractivity contribution in [2.24, 2.45) is 0 Å². The van der Waals surface area contributed by atoms with Crippen molar-refractivity contribution in [3.05, 3.63) is 70.8 Å². The van der Waals surface area contributed by atoms with Crippen LogP contribution in [0.2, 0.25) is 0 Å². The topological polar surface area (TPSA) is 0 Å². The molecule has 0 nitrogen and oxygen atoms in total. The molecule has 0 bridgehead atoms. The number of rotatable bonds is 0. The van der Waals surface area contributed by atoms with Crippen molar-refractivity contribution in [3.8, 4) is 23.7 Å². The van der Waals surface area contributed by atoms with E-state index in [1.165, 1.54) is 0 Å². The van der Waals surface area contributed by atoms with Gasteiger partial charge in [-0.05, 0) is 24.3 Å². The molecule has 0 heteroatoms. The van der Waals surface area contributed by atoms with Gasteiger partial charge in [0.05, 0.1) is 0 Å². The quantitative estimate of drug-likeness (QED) is 0.507. The van der Waals surface area contributed by atoms with Gasteiger partial charge < -0.3 is 0 Å². The lowest BCUT2D eigenvalue weighted by Crippen LogP contribution is -1.89. The SMILES string of the molecule is C1#Cc2ccccc2C#Cc2ccccc21.CC.CC. The minimum atomic E-state index is 1.00. The highest BCUT2D eigenvalue weighted by Crippen LogP contribution is 2.11. The summed E-state index contributed by atoms with van der Waals surface area (Å²) in [5.74, 6) is 12.7. The second kappa shape index (κ2) is 8.63. The first-order chi connectivity index (χ1) is 9.93. The van der Waals surface area contributed by atoms with Gasteiger partial charge in [-0.2, -0.15) is 0 Å². The van der Waals surface area contributed by atoms with Gasteiger partial charge in [0.1, 0.15) is 0 Å². The molecule has 0 aromatic heterocycles. The van der Waals surface area contributed by atoms with Gasteiger partial charge in [0.25, 0.3) is 0 Å². The Morgan fingerprint density at radius 1 is 0.450 bits per heavy atom. The van der Waals surface area contributed by atoms with Gasteiger partial charge in [-0.1, -0.05) is 75.6 Å². The molecule has 1 aliphatic rings. The van der Waals surface area contributed by atoms with Crippen LogP contribution in [-0.4, -0.2) is 0 Å². The van der Waals surface area contributed by atoms with Crippen LogP contribution in [0, 0.1) is 23.7 Å². The fraction of sp³-hybridized carbons (Fsp3) is 0.200. The van der Waals surface area contributed by atoms with E-state index in [0.29, 0.717) is 0 Å². The number of benzene rings is 2. The van der Waals surface area contributed by atoms with Crippen LogP contribution >= 0.6 is 0 Å².